The van der Waals surface area contributed by atoms with Gasteiger partial charge in [-0.3, -0.25) is 4.79 Å². The van der Waals surface area contributed by atoms with Crippen LogP contribution in [0.25, 0.3) is 0 Å². The third-order valence-corrected chi connectivity index (χ3v) is 1.97. The molecule has 0 rings (SSSR count). The summed E-state index contributed by atoms with van der Waals surface area (Å²) in [7, 11) is 0. The molecule has 0 spiro atoms. The highest BCUT2D eigenvalue weighted by Crippen LogP contribution is 2.03. The molecule has 1 amide bonds. The van der Waals surface area contributed by atoms with E-state index >= 15 is 0 Å². The van der Waals surface area contributed by atoms with Crippen molar-refractivity contribution in [1.29, 1.82) is 0 Å². The van der Waals surface area contributed by atoms with Crippen LogP contribution >= 0.6 is 0 Å². The Morgan fingerprint density at radius 2 is 2.19 bits per heavy atom. The maximum atomic E-state index is 11.1. The number of hydrogen-bond acceptors (Lipinski definition) is 3. The average molecular weight is 229 g/mol. The van der Waals surface area contributed by atoms with Crippen molar-refractivity contribution in [1.82, 2.24) is 5.32 Å². The van der Waals surface area contributed by atoms with Gasteiger partial charge in [0.2, 0.25) is 0 Å². The van der Waals surface area contributed by atoms with Gasteiger partial charge in [0.1, 0.15) is 6.61 Å². The summed E-state index contributed by atoms with van der Waals surface area (Å²) in [4.78, 5) is 21.3. The second-order valence-corrected chi connectivity index (χ2v) is 3.57. The van der Waals surface area contributed by atoms with Crippen LogP contribution in [0.1, 0.15) is 32.6 Å². The summed E-state index contributed by atoms with van der Waals surface area (Å²) < 4.78 is 4.74. The molecule has 2 N–H and O–H groups in total. The third kappa shape index (κ3) is 9.05. The van der Waals surface area contributed by atoms with E-state index < -0.39 is 12.1 Å². The van der Waals surface area contributed by atoms with Gasteiger partial charge in [-0.1, -0.05) is 19.1 Å². The summed E-state index contributed by atoms with van der Waals surface area (Å²) in [5.74, 6) is -0.786. The first kappa shape index (κ1) is 14.5. The smallest absolute Gasteiger partial charge is 0.407 e. The van der Waals surface area contributed by atoms with Gasteiger partial charge in [-0.15, -0.1) is 0 Å². The van der Waals surface area contributed by atoms with Crippen molar-refractivity contribution < 1.29 is 19.4 Å². The van der Waals surface area contributed by atoms with E-state index in [9.17, 15) is 9.59 Å². The molecule has 0 saturated carbocycles. The average Bonchev–Trinajstić information content (AvgIpc) is 2.21. The minimum absolute atomic E-state index is 0.00823. The summed E-state index contributed by atoms with van der Waals surface area (Å²) in [6.45, 7) is 5.48. The molecular weight excluding hydrogens is 210 g/mol. The Bertz CT molecular complexity index is 240. The van der Waals surface area contributed by atoms with Crippen molar-refractivity contribution in [2.75, 3.05) is 6.61 Å². The van der Waals surface area contributed by atoms with Crippen molar-refractivity contribution in [2.24, 2.45) is 0 Å². The van der Waals surface area contributed by atoms with Crippen LogP contribution in [0, 0.1) is 0 Å². The summed E-state index contributed by atoms with van der Waals surface area (Å²) in [6.07, 6.45) is 3.35. The van der Waals surface area contributed by atoms with E-state index in [0.29, 0.717) is 6.42 Å². The monoisotopic (exact) mass is 229 g/mol. The minimum atomic E-state index is -0.786. The van der Waals surface area contributed by atoms with E-state index in [4.69, 9.17) is 9.84 Å². The molecule has 0 heterocycles. The lowest BCUT2D eigenvalue weighted by molar-refractivity contribution is -0.137. The number of unbranched alkanes of at least 4 members (excludes halogenated alkanes) is 1. The Morgan fingerprint density at radius 1 is 1.50 bits per heavy atom. The van der Waals surface area contributed by atoms with Gasteiger partial charge in [-0.05, 0) is 19.8 Å². The number of rotatable bonds is 8. The van der Waals surface area contributed by atoms with Crippen molar-refractivity contribution in [3.63, 3.8) is 0 Å². The first-order chi connectivity index (χ1) is 7.56. The Morgan fingerprint density at radius 3 is 2.75 bits per heavy atom. The molecule has 0 saturated heterocycles. The number of carbonyl (C=O) groups excluding carboxylic acids is 1. The molecule has 0 fully saturated rings. The molecule has 5 nitrogen and oxygen atoms in total. The van der Waals surface area contributed by atoms with E-state index in [1.54, 1.807) is 0 Å². The molecule has 0 bridgehead atoms. The number of aliphatic carboxylic acids is 1. The number of hydrogen-bond donors (Lipinski definition) is 2. The molecule has 5 heteroatoms. The second kappa shape index (κ2) is 8.76. The van der Waals surface area contributed by atoms with Crippen LogP contribution in [0.2, 0.25) is 0 Å². The number of ether oxygens (including phenoxy) is 1. The highest BCUT2D eigenvalue weighted by Gasteiger charge is 2.07. The van der Waals surface area contributed by atoms with Crippen LogP contribution in [-0.2, 0) is 9.53 Å². The van der Waals surface area contributed by atoms with Gasteiger partial charge in [0, 0.05) is 12.5 Å². The zero-order chi connectivity index (χ0) is 12.4. The van der Waals surface area contributed by atoms with Gasteiger partial charge < -0.3 is 15.2 Å². The van der Waals surface area contributed by atoms with Gasteiger partial charge in [-0.25, -0.2) is 4.79 Å². The summed E-state index contributed by atoms with van der Waals surface area (Å²) in [5, 5.41) is 11.1. The SMILES string of the molecule is C=CCOC(=O)NC(C)CCCCC(=O)O. The Kier molecular flexibility index (Phi) is 7.93. The van der Waals surface area contributed by atoms with E-state index in [2.05, 4.69) is 11.9 Å². The standard InChI is InChI=1S/C11H19NO4/c1-3-8-16-11(15)12-9(2)6-4-5-7-10(13)14/h3,9H,1,4-8H2,2H3,(H,12,15)(H,13,14). The zero-order valence-electron chi connectivity index (χ0n) is 9.57. The fourth-order valence-electron chi connectivity index (χ4n) is 1.18. The van der Waals surface area contributed by atoms with Crippen molar-refractivity contribution in [3.05, 3.63) is 12.7 Å². The lowest BCUT2D eigenvalue weighted by Crippen LogP contribution is -2.33. The highest BCUT2D eigenvalue weighted by molar-refractivity contribution is 5.67. The number of amides is 1. The van der Waals surface area contributed by atoms with Crippen LogP contribution < -0.4 is 5.32 Å². The maximum Gasteiger partial charge on any atom is 0.407 e. The number of carbonyl (C=O) groups is 2. The Labute approximate surface area is 95.5 Å². The van der Waals surface area contributed by atoms with Crippen LogP contribution in [0.15, 0.2) is 12.7 Å². The number of alkyl carbamates (subject to hydrolysis) is 1. The number of carboxylic acids is 1. The van der Waals surface area contributed by atoms with Crippen LogP contribution in [0.4, 0.5) is 4.79 Å². The first-order valence-corrected chi connectivity index (χ1v) is 5.32. The number of nitrogens with one attached hydrogen (secondary N) is 1. The van der Waals surface area contributed by atoms with E-state index in [-0.39, 0.29) is 19.1 Å². The molecule has 0 aliphatic carbocycles. The molecule has 0 aromatic rings. The Balaban J connectivity index is 3.49. The molecule has 0 aromatic carbocycles. The number of carboxylic acid groups (broad SMARTS) is 1. The van der Waals surface area contributed by atoms with Gasteiger partial charge in [0.15, 0.2) is 0 Å². The quantitative estimate of drug-likeness (QED) is 0.492. The fourth-order valence-corrected chi connectivity index (χ4v) is 1.18. The summed E-state index contributed by atoms with van der Waals surface area (Å²) in [5.41, 5.74) is 0. The van der Waals surface area contributed by atoms with Gasteiger partial charge in [0.25, 0.3) is 0 Å². The predicted octanol–water partition coefficient (Wildman–Crippen LogP) is 1.93. The van der Waals surface area contributed by atoms with Crippen LogP contribution in [-0.4, -0.2) is 29.8 Å². The van der Waals surface area contributed by atoms with Gasteiger partial charge >= 0.3 is 12.1 Å². The van der Waals surface area contributed by atoms with Gasteiger partial charge in [-0.2, -0.15) is 0 Å². The first-order valence-electron chi connectivity index (χ1n) is 5.32. The second-order valence-electron chi connectivity index (χ2n) is 3.57. The molecule has 1 unspecified atom stereocenters. The molecule has 16 heavy (non-hydrogen) atoms. The topological polar surface area (TPSA) is 75.6 Å². The normalized spacial score (nSPS) is 11.6. The molecule has 0 aromatic heterocycles. The summed E-state index contributed by atoms with van der Waals surface area (Å²) >= 11 is 0. The molecule has 92 valence electrons. The molecular formula is C11H19NO4. The van der Waals surface area contributed by atoms with Crippen molar-refractivity contribution >= 4 is 12.1 Å². The fraction of sp³-hybridized carbons (Fsp3) is 0.636. The maximum absolute atomic E-state index is 11.1. The third-order valence-electron chi connectivity index (χ3n) is 1.97. The summed E-state index contributed by atoms with van der Waals surface area (Å²) in [6, 6.07) is -0.00823. The zero-order valence-corrected chi connectivity index (χ0v) is 9.57. The minimum Gasteiger partial charge on any atom is -0.481 e. The van der Waals surface area contributed by atoms with Crippen molar-refractivity contribution in [3.8, 4) is 0 Å². The van der Waals surface area contributed by atoms with Crippen LogP contribution in [0.3, 0.4) is 0 Å². The Hall–Kier alpha value is -1.52. The largest absolute Gasteiger partial charge is 0.481 e. The lowest BCUT2D eigenvalue weighted by atomic mass is 10.1. The lowest BCUT2D eigenvalue weighted by Gasteiger charge is -2.12. The molecule has 1 atom stereocenters. The highest BCUT2D eigenvalue weighted by atomic mass is 16.5. The molecule has 0 aliphatic heterocycles. The predicted molar refractivity (Wildman–Crippen MR) is 60.2 cm³/mol. The van der Waals surface area contributed by atoms with Crippen molar-refractivity contribution in [2.45, 2.75) is 38.6 Å². The van der Waals surface area contributed by atoms with Crippen LogP contribution in [0.5, 0.6) is 0 Å². The molecule has 0 aliphatic rings. The molecule has 0 radical (unpaired) electrons. The van der Waals surface area contributed by atoms with Gasteiger partial charge in [0.05, 0.1) is 0 Å². The van der Waals surface area contributed by atoms with E-state index in [0.717, 1.165) is 12.8 Å². The van der Waals surface area contributed by atoms with E-state index in [1.165, 1.54) is 6.08 Å². The van der Waals surface area contributed by atoms with E-state index in [1.807, 2.05) is 6.92 Å².